The van der Waals surface area contributed by atoms with Crippen LogP contribution in [-0.4, -0.2) is 65.4 Å². The molecule has 5 rings (SSSR count). The molecule has 0 bridgehead atoms. The van der Waals surface area contributed by atoms with E-state index in [0.29, 0.717) is 26.1 Å². The molecule has 208 valence electrons. The zero-order chi connectivity index (χ0) is 27.2. The van der Waals surface area contributed by atoms with Gasteiger partial charge in [-0.3, -0.25) is 4.90 Å². The molecule has 4 aromatic rings. The van der Waals surface area contributed by atoms with Crippen LogP contribution in [-0.2, 0) is 6.42 Å². The Balaban J connectivity index is 1.09. The van der Waals surface area contributed by atoms with Crippen molar-refractivity contribution in [2.45, 2.75) is 44.3 Å². The molecule has 1 aliphatic carbocycles. The van der Waals surface area contributed by atoms with E-state index in [2.05, 4.69) is 55.5 Å². The van der Waals surface area contributed by atoms with E-state index in [-0.39, 0.29) is 12.0 Å². The number of aromatic nitrogens is 3. The second-order valence-electron chi connectivity index (χ2n) is 10.7. The molecule has 0 saturated heterocycles. The van der Waals surface area contributed by atoms with E-state index in [0.717, 1.165) is 49.1 Å². The van der Waals surface area contributed by atoms with Gasteiger partial charge in [0, 0.05) is 25.8 Å². The lowest BCUT2D eigenvalue weighted by Gasteiger charge is -2.27. The number of nitrogens with one attached hydrogen (secondary N) is 2. The first-order valence-electron chi connectivity index (χ1n) is 13.9. The first-order chi connectivity index (χ1) is 18.9. The highest BCUT2D eigenvalue weighted by Crippen LogP contribution is 2.37. The summed E-state index contributed by atoms with van der Waals surface area (Å²) in [6, 6.07) is 17.0. The van der Waals surface area contributed by atoms with Crippen LogP contribution < -0.4 is 10.6 Å². The third-order valence-electron chi connectivity index (χ3n) is 7.80. The van der Waals surface area contributed by atoms with Gasteiger partial charge in [-0.2, -0.15) is 13.2 Å². The molecule has 39 heavy (non-hydrogen) atoms. The molecule has 2 heterocycles. The third kappa shape index (κ3) is 7.08. The van der Waals surface area contributed by atoms with E-state index >= 15 is 0 Å². The topological polar surface area (TPSA) is 58.0 Å². The predicted octanol–water partition coefficient (Wildman–Crippen LogP) is 6.05. The highest BCUT2D eigenvalue weighted by molar-refractivity contribution is 5.87. The van der Waals surface area contributed by atoms with Gasteiger partial charge >= 0.3 is 6.18 Å². The first-order valence-corrected chi connectivity index (χ1v) is 13.9. The van der Waals surface area contributed by atoms with Crippen LogP contribution in [0.3, 0.4) is 0 Å². The van der Waals surface area contributed by atoms with Gasteiger partial charge in [-0.1, -0.05) is 42.5 Å². The molecule has 2 unspecified atom stereocenters. The summed E-state index contributed by atoms with van der Waals surface area (Å²) in [5.74, 6) is 1.02. The number of hydrogen-bond acceptors (Lipinski definition) is 5. The van der Waals surface area contributed by atoms with Gasteiger partial charge in [-0.05, 0) is 80.1 Å². The third-order valence-corrected chi connectivity index (χ3v) is 7.80. The van der Waals surface area contributed by atoms with Gasteiger partial charge in [0.15, 0.2) is 0 Å². The van der Waals surface area contributed by atoms with E-state index < -0.39 is 12.7 Å². The molecule has 1 aliphatic rings. The van der Waals surface area contributed by atoms with Crippen LogP contribution in [0.15, 0.2) is 61.1 Å². The Bertz CT molecular complexity index is 1370. The average molecular weight is 539 g/mol. The van der Waals surface area contributed by atoms with Gasteiger partial charge in [0.1, 0.15) is 17.8 Å². The number of nitrogens with zero attached hydrogens (tertiary/aromatic N) is 4. The lowest BCUT2D eigenvalue weighted by atomic mass is 10.1. The summed E-state index contributed by atoms with van der Waals surface area (Å²) < 4.78 is 42.3. The Morgan fingerprint density at radius 1 is 1.03 bits per heavy atom. The fraction of sp³-hybridized carbons (Fsp3) is 0.467. The smallest absolute Gasteiger partial charge is 0.372 e. The van der Waals surface area contributed by atoms with Crippen molar-refractivity contribution in [1.82, 2.24) is 24.8 Å². The van der Waals surface area contributed by atoms with E-state index in [1.54, 1.807) is 11.2 Å². The second kappa shape index (κ2) is 12.3. The fourth-order valence-corrected chi connectivity index (χ4v) is 5.97. The molecule has 2 aromatic heterocycles. The number of fused-ring (bicyclic) bond motifs is 2. The molecule has 2 N–H and O–H groups in total. The zero-order valence-corrected chi connectivity index (χ0v) is 22.4. The van der Waals surface area contributed by atoms with Crippen LogP contribution in [0.2, 0.25) is 0 Å². The highest BCUT2D eigenvalue weighted by Gasteiger charge is 2.34. The van der Waals surface area contributed by atoms with Crippen LogP contribution in [0.25, 0.3) is 21.8 Å². The molecular weight excluding hydrogens is 501 g/mol. The summed E-state index contributed by atoms with van der Waals surface area (Å²) in [4.78, 5) is 10.3. The van der Waals surface area contributed by atoms with Crippen molar-refractivity contribution >= 4 is 27.6 Å². The quantitative estimate of drug-likeness (QED) is 0.215. The number of hydrogen-bond donors (Lipinski definition) is 2. The minimum Gasteiger partial charge on any atom is -0.372 e. The molecule has 1 fully saturated rings. The van der Waals surface area contributed by atoms with Crippen molar-refractivity contribution in [3.05, 3.63) is 66.6 Å². The van der Waals surface area contributed by atoms with E-state index in [1.807, 2.05) is 31.4 Å². The van der Waals surface area contributed by atoms with Gasteiger partial charge in [0.2, 0.25) is 0 Å². The number of alkyl halides is 3. The number of halogens is 3. The molecule has 0 spiro atoms. The fourth-order valence-electron chi connectivity index (χ4n) is 5.97. The highest BCUT2D eigenvalue weighted by atomic mass is 19.4. The second-order valence-corrected chi connectivity index (χ2v) is 10.7. The SMILES string of the molecule is CNc1ncnc2c1ccn2C1CCC(CN(CCCNCCc2ccc3ccccc3c2)CC(F)(F)F)C1. The minimum atomic E-state index is -4.20. The molecule has 2 atom stereocenters. The van der Waals surface area contributed by atoms with Crippen molar-refractivity contribution in [2.75, 3.05) is 45.1 Å². The van der Waals surface area contributed by atoms with Crippen LogP contribution in [0.5, 0.6) is 0 Å². The van der Waals surface area contributed by atoms with Gasteiger partial charge < -0.3 is 15.2 Å². The molecule has 0 aliphatic heterocycles. The largest absolute Gasteiger partial charge is 0.401 e. The minimum absolute atomic E-state index is 0.237. The maximum atomic E-state index is 13.4. The Morgan fingerprint density at radius 3 is 2.69 bits per heavy atom. The number of rotatable bonds is 12. The lowest BCUT2D eigenvalue weighted by Crippen LogP contribution is -2.38. The number of anilines is 1. The average Bonchev–Trinajstić information content (AvgIpc) is 3.56. The first kappa shape index (κ1) is 27.4. The van der Waals surface area contributed by atoms with Crippen molar-refractivity contribution in [1.29, 1.82) is 0 Å². The standard InChI is InChI=1S/C30H37F3N6/c1-34-28-27-12-16-39(29(27)37-21-36-28)26-10-8-23(18-26)19-38(20-30(31,32)33)15-4-13-35-14-11-22-7-9-24-5-2-3-6-25(24)17-22/h2-3,5-7,9,12,16-17,21,23,26,35H,4,8,10-11,13-15,18-20H2,1H3,(H,34,36,37). The van der Waals surface area contributed by atoms with Gasteiger partial charge in [-0.25, -0.2) is 9.97 Å². The van der Waals surface area contributed by atoms with Crippen molar-refractivity contribution in [3.8, 4) is 0 Å². The molecule has 0 amide bonds. The summed E-state index contributed by atoms with van der Waals surface area (Å²) in [7, 11) is 1.83. The zero-order valence-electron chi connectivity index (χ0n) is 22.4. The van der Waals surface area contributed by atoms with Crippen LogP contribution >= 0.6 is 0 Å². The maximum Gasteiger partial charge on any atom is 0.401 e. The summed E-state index contributed by atoms with van der Waals surface area (Å²) in [5.41, 5.74) is 2.14. The molecule has 9 heteroatoms. The molecule has 1 saturated carbocycles. The van der Waals surface area contributed by atoms with Crippen molar-refractivity contribution in [2.24, 2.45) is 5.92 Å². The molecule has 2 aromatic carbocycles. The number of benzene rings is 2. The van der Waals surface area contributed by atoms with Crippen molar-refractivity contribution in [3.63, 3.8) is 0 Å². The maximum absolute atomic E-state index is 13.4. The molecule has 0 radical (unpaired) electrons. The molecular formula is C30H37F3N6. The van der Waals surface area contributed by atoms with Gasteiger partial charge in [0.25, 0.3) is 0 Å². The summed E-state index contributed by atoms with van der Waals surface area (Å²) in [6.07, 6.45) is 3.71. The van der Waals surface area contributed by atoms with Crippen LogP contribution in [0, 0.1) is 5.92 Å². The van der Waals surface area contributed by atoms with Crippen LogP contribution in [0.1, 0.15) is 37.3 Å². The van der Waals surface area contributed by atoms with E-state index in [4.69, 9.17) is 0 Å². The lowest BCUT2D eigenvalue weighted by molar-refractivity contribution is -0.147. The summed E-state index contributed by atoms with van der Waals surface area (Å²) >= 11 is 0. The monoisotopic (exact) mass is 538 g/mol. The van der Waals surface area contributed by atoms with E-state index in [9.17, 15) is 13.2 Å². The Hall–Kier alpha value is -3.17. The predicted molar refractivity (Wildman–Crippen MR) is 151 cm³/mol. The van der Waals surface area contributed by atoms with Gasteiger partial charge in [0.05, 0.1) is 11.9 Å². The van der Waals surface area contributed by atoms with Crippen molar-refractivity contribution < 1.29 is 13.2 Å². The Kier molecular flexibility index (Phi) is 8.67. The normalized spacial score (nSPS) is 18.0. The molecule has 6 nitrogen and oxygen atoms in total. The van der Waals surface area contributed by atoms with E-state index in [1.165, 1.54) is 16.3 Å². The van der Waals surface area contributed by atoms with Crippen LogP contribution in [0.4, 0.5) is 19.0 Å². The van der Waals surface area contributed by atoms with Gasteiger partial charge in [-0.15, -0.1) is 0 Å². The Labute approximate surface area is 227 Å². The summed E-state index contributed by atoms with van der Waals surface area (Å²) in [5, 5.41) is 9.94. The summed E-state index contributed by atoms with van der Waals surface area (Å²) in [6.45, 7) is 1.58. The Morgan fingerprint density at radius 2 is 1.87 bits per heavy atom.